The summed E-state index contributed by atoms with van der Waals surface area (Å²) in [6.07, 6.45) is 0.365. The molecular weight excluding hydrogens is 244 g/mol. The first-order chi connectivity index (χ1) is 9.13. The van der Waals surface area contributed by atoms with Gasteiger partial charge in [-0.15, -0.1) is 0 Å². The first-order valence-corrected chi connectivity index (χ1v) is 6.32. The van der Waals surface area contributed by atoms with E-state index in [1.54, 1.807) is 7.05 Å². The number of benzene rings is 1. The Morgan fingerprint density at radius 1 is 1.26 bits per heavy atom. The number of nitrogens with one attached hydrogen (secondary N) is 1. The van der Waals surface area contributed by atoms with Crippen molar-refractivity contribution in [3.05, 3.63) is 35.9 Å². The SMILES string of the molecule is CCCNC(=O)CN(C)C(=O)OCc1ccccc1. The van der Waals surface area contributed by atoms with Gasteiger partial charge in [-0.05, 0) is 12.0 Å². The number of carbonyl (C=O) groups is 2. The van der Waals surface area contributed by atoms with Gasteiger partial charge in [-0.3, -0.25) is 4.79 Å². The van der Waals surface area contributed by atoms with Crippen molar-refractivity contribution < 1.29 is 14.3 Å². The number of nitrogens with zero attached hydrogens (tertiary/aromatic N) is 1. The summed E-state index contributed by atoms with van der Waals surface area (Å²) in [6, 6.07) is 9.41. The minimum Gasteiger partial charge on any atom is -0.445 e. The van der Waals surface area contributed by atoms with Gasteiger partial charge < -0.3 is 15.0 Å². The molecule has 1 aromatic carbocycles. The zero-order valence-electron chi connectivity index (χ0n) is 11.4. The van der Waals surface area contributed by atoms with Crippen LogP contribution in [-0.2, 0) is 16.1 Å². The van der Waals surface area contributed by atoms with Crippen molar-refractivity contribution in [1.82, 2.24) is 10.2 Å². The molecule has 0 saturated heterocycles. The molecule has 0 aliphatic carbocycles. The van der Waals surface area contributed by atoms with E-state index in [0.29, 0.717) is 6.54 Å². The van der Waals surface area contributed by atoms with Crippen LogP contribution in [0.2, 0.25) is 0 Å². The van der Waals surface area contributed by atoms with Gasteiger partial charge in [-0.2, -0.15) is 0 Å². The number of hydrogen-bond acceptors (Lipinski definition) is 3. The van der Waals surface area contributed by atoms with Crippen molar-refractivity contribution in [1.29, 1.82) is 0 Å². The predicted octanol–water partition coefficient (Wildman–Crippen LogP) is 1.78. The molecule has 104 valence electrons. The third-order valence-electron chi connectivity index (χ3n) is 2.47. The first-order valence-electron chi connectivity index (χ1n) is 6.32. The van der Waals surface area contributed by atoms with Gasteiger partial charge in [0, 0.05) is 13.6 Å². The van der Waals surface area contributed by atoms with Crippen LogP contribution in [0.3, 0.4) is 0 Å². The number of ether oxygens (including phenoxy) is 1. The van der Waals surface area contributed by atoms with E-state index in [2.05, 4.69) is 5.32 Å². The van der Waals surface area contributed by atoms with Crippen LogP contribution in [0.15, 0.2) is 30.3 Å². The highest BCUT2D eigenvalue weighted by atomic mass is 16.6. The van der Waals surface area contributed by atoms with Crippen LogP contribution in [0.25, 0.3) is 0 Å². The molecule has 0 aromatic heterocycles. The zero-order chi connectivity index (χ0) is 14.1. The lowest BCUT2D eigenvalue weighted by Gasteiger charge is -2.16. The summed E-state index contributed by atoms with van der Waals surface area (Å²) in [5, 5.41) is 2.70. The van der Waals surface area contributed by atoms with Gasteiger partial charge in [0.2, 0.25) is 5.91 Å². The van der Waals surface area contributed by atoms with Crippen LogP contribution in [0.4, 0.5) is 4.79 Å². The molecule has 1 rings (SSSR count). The highest BCUT2D eigenvalue weighted by Crippen LogP contribution is 2.02. The van der Waals surface area contributed by atoms with Crippen molar-refractivity contribution in [3.8, 4) is 0 Å². The summed E-state index contributed by atoms with van der Waals surface area (Å²) in [7, 11) is 1.54. The van der Waals surface area contributed by atoms with Gasteiger partial charge in [-0.25, -0.2) is 4.79 Å². The molecule has 0 radical (unpaired) electrons. The fraction of sp³-hybridized carbons (Fsp3) is 0.429. The second-order valence-electron chi connectivity index (χ2n) is 4.25. The largest absolute Gasteiger partial charge is 0.445 e. The second-order valence-corrected chi connectivity index (χ2v) is 4.25. The van der Waals surface area contributed by atoms with E-state index in [0.717, 1.165) is 12.0 Å². The predicted molar refractivity (Wildman–Crippen MR) is 72.6 cm³/mol. The number of likely N-dealkylation sites (N-methyl/N-ethyl adjacent to an activating group) is 1. The summed E-state index contributed by atoms with van der Waals surface area (Å²) < 4.78 is 5.10. The van der Waals surface area contributed by atoms with Crippen LogP contribution < -0.4 is 5.32 Å². The van der Waals surface area contributed by atoms with E-state index in [-0.39, 0.29) is 19.1 Å². The van der Waals surface area contributed by atoms with Crippen LogP contribution >= 0.6 is 0 Å². The van der Waals surface area contributed by atoms with Gasteiger partial charge >= 0.3 is 6.09 Å². The number of rotatable bonds is 6. The molecule has 1 N–H and O–H groups in total. The molecule has 0 spiro atoms. The molecule has 19 heavy (non-hydrogen) atoms. The number of hydrogen-bond donors (Lipinski definition) is 1. The first kappa shape index (κ1) is 15.0. The Kier molecular flexibility index (Phi) is 6.43. The molecule has 0 atom stereocenters. The van der Waals surface area contributed by atoms with E-state index < -0.39 is 6.09 Å². The number of amides is 2. The third-order valence-corrected chi connectivity index (χ3v) is 2.47. The normalized spacial score (nSPS) is 9.79. The summed E-state index contributed by atoms with van der Waals surface area (Å²) >= 11 is 0. The highest BCUT2D eigenvalue weighted by Gasteiger charge is 2.13. The number of carbonyl (C=O) groups excluding carboxylic acids is 2. The van der Waals surface area contributed by atoms with Crippen LogP contribution in [0, 0.1) is 0 Å². The Bertz CT molecular complexity index is 406. The van der Waals surface area contributed by atoms with Gasteiger partial charge in [0.15, 0.2) is 0 Å². The molecular formula is C14H20N2O3. The monoisotopic (exact) mass is 264 g/mol. The van der Waals surface area contributed by atoms with Gasteiger partial charge in [0.25, 0.3) is 0 Å². The van der Waals surface area contributed by atoms with Crippen LogP contribution in [0.1, 0.15) is 18.9 Å². The van der Waals surface area contributed by atoms with Crippen LogP contribution in [0.5, 0.6) is 0 Å². The minimum atomic E-state index is -0.504. The van der Waals surface area contributed by atoms with E-state index in [9.17, 15) is 9.59 Å². The Hall–Kier alpha value is -2.04. The molecule has 5 nitrogen and oxygen atoms in total. The lowest BCUT2D eigenvalue weighted by Crippen LogP contribution is -2.38. The molecule has 0 aliphatic rings. The van der Waals surface area contributed by atoms with Crippen LogP contribution in [-0.4, -0.2) is 37.0 Å². The smallest absolute Gasteiger partial charge is 0.410 e. The molecule has 0 bridgehead atoms. The minimum absolute atomic E-state index is 0.00756. The zero-order valence-corrected chi connectivity index (χ0v) is 11.4. The third kappa shape index (κ3) is 5.90. The topological polar surface area (TPSA) is 58.6 Å². The Morgan fingerprint density at radius 3 is 2.58 bits per heavy atom. The fourth-order valence-electron chi connectivity index (χ4n) is 1.43. The Balaban J connectivity index is 2.30. The summed E-state index contributed by atoms with van der Waals surface area (Å²) in [5.41, 5.74) is 0.916. The van der Waals surface area contributed by atoms with E-state index >= 15 is 0 Å². The van der Waals surface area contributed by atoms with Crippen molar-refractivity contribution in [2.24, 2.45) is 0 Å². The molecule has 2 amide bonds. The van der Waals surface area contributed by atoms with Crippen molar-refractivity contribution >= 4 is 12.0 Å². The second kappa shape index (κ2) is 8.13. The molecule has 0 unspecified atom stereocenters. The van der Waals surface area contributed by atoms with E-state index in [4.69, 9.17) is 4.74 Å². The quantitative estimate of drug-likeness (QED) is 0.852. The molecule has 0 heterocycles. The van der Waals surface area contributed by atoms with Gasteiger partial charge in [0.1, 0.15) is 13.2 Å². The molecule has 5 heteroatoms. The fourth-order valence-corrected chi connectivity index (χ4v) is 1.43. The van der Waals surface area contributed by atoms with Crippen molar-refractivity contribution in [3.63, 3.8) is 0 Å². The maximum atomic E-state index is 11.6. The maximum Gasteiger partial charge on any atom is 0.410 e. The lowest BCUT2D eigenvalue weighted by atomic mass is 10.2. The van der Waals surface area contributed by atoms with Gasteiger partial charge in [0.05, 0.1) is 0 Å². The van der Waals surface area contributed by atoms with E-state index in [1.807, 2.05) is 37.3 Å². The molecule has 0 fully saturated rings. The maximum absolute atomic E-state index is 11.6. The molecule has 1 aromatic rings. The average molecular weight is 264 g/mol. The summed E-state index contributed by atoms with van der Waals surface area (Å²) in [5.74, 6) is -0.180. The highest BCUT2D eigenvalue weighted by molar-refractivity contribution is 5.82. The van der Waals surface area contributed by atoms with E-state index in [1.165, 1.54) is 4.90 Å². The molecule has 0 saturated carbocycles. The molecule has 0 aliphatic heterocycles. The van der Waals surface area contributed by atoms with Gasteiger partial charge in [-0.1, -0.05) is 37.3 Å². The average Bonchev–Trinajstić information content (AvgIpc) is 2.43. The standard InChI is InChI=1S/C14H20N2O3/c1-3-9-15-13(17)10-16(2)14(18)19-11-12-7-5-4-6-8-12/h4-8H,3,9-11H2,1-2H3,(H,15,17). The van der Waals surface area contributed by atoms with Crippen molar-refractivity contribution in [2.75, 3.05) is 20.1 Å². The summed E-state index contributed by atoms with van der Waals surface area (Å²) in [4.78, 5) is 24.3. The Labute approximate surface area is 113 Å². The van der Waals surface area contributed by atoms with Crippen molar-refractivity contribution in [2.45, 2.75) is 20.0 Å². The Morgan fingerprint density at radius 2 is 1.95 bits per heavy atom. The lowest BCUT2D eigenvalue weighted by molar-refractivity contribution is -0.121. The summed E-state index contributed by atoms with van der Waals surface area (Å²) in [6.45, 7) is 2.80.